The molecule has 0 saturated heterocycles. The Kier molecular flexibility index (Phi) is 4.65. The van der Waals surface area contributed by atoms with Gasteiger partial charge in [-0.15, -0.1) is 0 Å². The second-order valence-corrected chi connectivity index (χ2v) is 5.38. The van der Waals surface area contributed by atoms with E-state index in [0.717, 1.165) is 17.3 Å². The van der Waals surface area contributed by atoms with Gasteiger partial charge in [0, 0.05) is 4.90 Å². The summed E-state index contributed by atoms with van der Waals surface area (Å²) in [5.74, 6) is -2.36. The second-order valence-electron chi connectivity index (χ2n) is 4.33. The molecule has 0 aliphatic rings. The van der Waals surface area contributed by atoms with Crippen LogP contribution in [0.3, 0.4) is 0 Å². The van der Waals surface area contributed by atoms with Crippen molar-refractivity contribution in [2.45, 2.75) is 16.7 Å². The van der Waals surface area contributed by atoms with Crippen LogP contribution in [0.1, 0.15) is 16.7 Å². The lowest BCUT2D eigenvalue weighted by Crippen LogP contribution is -2.02. The fraction of sp³-hybridized carbons (Fsp3) is 0.125. The SMILES string of the molecule is COc1c(F)c(C#N)c(C#N)c(F)c1Sc1ccccc1C. The van der Waals surface area contributed by atoms with E-state index in [1.807, 2.05) is 19.1 Å². The molecule has 0 N–H and O–H groups in total. The first-order valence-corrected chi connectivity index (χ1v) is 6.99. The molecule has 0 saturated carbocycles. The molecule has 0 radical (unpaired) electrons. The van der Waals surface area contributed by atoms with Crippen LogP contribution in [-0.2, 0) is 0 Å². The Balaban J connectivity index is 2.71. The first-order valence-electron chi connectivity index (χ1n) is 6.17. The summed E-state index contributed by atoms with van der Waals surface area (Å²) in [6.45, 7) is 1.83. The van der Waals surface area contributed by atoms with Gasteiger partial charge in [-0.25, -0.2) is 8.78 Å². The van der Waals surface area contributed by atoms with Crippen molar-refractivity contribution in [2.75, 3.05) is 7.11 Å². The lowest BCUT2D eigenvalue weighted by molar-refractivity contribution is 0.368. The van der Waals surface area contributed by atoms with E-state index in [-0.39, 0.29) is 10.6 Å². The van der Waals surface area contributed by atoms with Gasteiger partial charge in [-0.1, -0.05) is 30.0 Å². The van der Waals surface area contributed by atoms with Gasteiger partial charge in [0.25, 0.3) is 0 Å². The van der Waals surface area contributed by atoms with Crippen LogP contribution in [0, 0.1) is 41.2 Å². The van der Waals surface area contributed by atoms with Crippen molar-refractivity contribution in [3.05, 3.63) is 52.6 Å². The Bertz CT molecular complexity index is 819. The highest BCUT2D eigenvalue weighted by atomic mass is 32.2. The number of nitrogens with zero attached hydrogens (tertiary/aromatic N) is 2. The number of aryl methyl sites for hydroxylation is 1. The Morgan fingerprint density at radius 2 is 1.64 bits per heavy atom. The minimum Gasteiger partial charge on any atom is -0.492 e. The minimum absolute atomic E-state index is 0.148. The van der Waals surface area contributed by atoms with Crippen molar-refractivity contribution in [3.8, 4) is 17.9 Å². The van der Waals surface area contributed by atoms with Gasteiger partial charge < -0.3 is 4.74 Å². The molecule has 0 aromatic heterocycles. The van der Waals surface area contributed by atoms with E-state index in [0.29, 0.717) is 4.90 Å². The fourth-order valence-corrected chi connectivity index (χ4v) is 2.96. The van der Waals surface area contributed by atoms with Gasteiger partial charge >= 0.3 is 0 Å². The van der Waals surface area contributed by atoms with Gasteiger partial charge in [-0.05, 0) is 18.6 Å². The molecule has 0 atom stereocenters. The van der Waals surface area contributed by atoms with Crippen LogP contribution >= 0.6 is 11.8 Å². The predicted molar refractivity (Wildman–Crippen MR) is 77.6 cm³/mol. The number of rotatable bonds is 3. The topological polar surface area (TPSA) is 56.8 Å². The molecular formula is C16H10F2N2OS. The highest BCUT2D eigenvalue weighted by molar-refractivity contribution is 7.99. The molecular weight excluding hydrogens is 306 g/mol. The van der Waals surface area contributed by atoms with E-state index in [9.17, 15) is 8.78 Å². The number of ether oxygens (including phenoxy) is 1. The molecule has 0 unspecified atom stereocenters. The van der Waals surface area contributed by atoms with Crippen molar-refractivity contribution < 1.29 is 13.5 Å². The summed E-state index contributed by atoms with van der Waals surface area (Å²) in [5.41, 5.74) is -0.389. The minimum atomic E-state index is -1.03. The molecule has 0 amide bonds. The third-order valence-corrected chi connectivity index (χ3v) is 4.27. The van der Waals surface area contributed by atoms with Crippen molar-refractivity contribution >= 4 is 11.8 Å². The van der Waals surface area contributed by atoms with E-state index in [4.69, 9.17) is 15.3 Å². The van der Waals surface area contributed by atoms with Crippen LogP contribution in [0.2, 0.25) is 0 Å². The highest BCUT2D eigenvalue weighted by Gasteiger charge is 2.26. The Morgan fingerprint density at radius 1 is 1.05 bits per heavy atom. The molecule has 2 rings (SSSR count). The van der Waals surface area contributed by atoms with Gasteiger partial charge in [0.1, 0.15) is 23.3 Å². The lowest BCUT2D eigenvalue weighted by atomic mass is 10.1. The summed E-state index contributed by atoms with van der Waals surface area (Å²) in [6.07, 6.45) is 0. The Hall–Kier alpha value is -2.57. The first kappa shape index (κ1) is 15.8. The molecule has 3 nitrogen and oxygen atoms in total. The van der Waals surface area contributed by atoms with Crippen LogP contribution in [0.4, 0.5) is 8.78 Å². The average molecular weight is 316 g/mol. The van der Waals surface area contributed by atoms with Crippen molar-refractivity contribution in [3.63, 3.8) is 0 Å². The molecule has 0 bridgehead atoms. The standard InChI is InChI=1S/C16H10F2N2OS/c1-9-5-3-4-6-12(9)22-16-14(18)11(8-20)10(7-19)13(17)15(16)21-2/h3-6H,1-2H3. The summed E-state index contributed by atoms with van der Waals surface area (Å²) in [4.78, 5) is 0.553. The van der Waals surface area contributed by atoms with E-state index in [1.54, 1.807) is 18.2 Å². The third kappa shape index (κ3) is 2.61. The van der Waals surface area contributed by atoms with Gasteiger partial charge in [0.05, 0.1) is 12.0 Å². The molecule has 0 heterocycles. The molecule has 0 aliphatic heterocycles. The first-order chi connectivity index (χ1) is 10.5. The van der Waals surface area contributed by atoms with Gasteiger partial charge in [0.2, 0.25) is 0 Å². The summed E-state index contributed by atoms with van der Waals surface area (Å²) in [7, 11) is 1.19. The zero-order chi connectivity index (χ0) is 16.3. The molecule has 0 aliphatic carbocycles. The maximum Gasteiger partial charge on any atom is 0.185 e. The van der Waals surface area contributed by atoms with Crippen LogP contribution in [-0.4, -0.2) is 7.11 Å². The largest absolute Gasteiger partial charge is 0.492 e. The Morgan fingerprint density at radius 3 is 2.18 bits per heavy atom. The molecule has 0 fully saturated rings. The monoisotopic (exact) mass is 316 g/mol. The maximum absolute atomic E-state index is 14.5. The maximum atomic E-state index is 14.5. The van der Waals surface area contributed by atoms with E-state index >= 15 is 0 Å². The van der Waals surface area contributed by atoms with E-state index in [1.165, 1.54) is 13.2 Å². The molecule has 2 aromatic carbocycles. The summed E-state index contributed by atoms with van der Waals surface area (Å²) < 4.78 is 33.7. The van der Waals surface area contributed by atoms with Gasteiger partial charge in [-0.2, -0.15) is 10.5 Å². The second kappa shape index (κ2) is 6.46. The zero-order valence-corrected chi connectivity index (χ0v) is 12.6. The highest BCUT2D eigenvalue weighted by Crippen LogP contribution is 2.42. The van der Waals surface area contributed by atoms with E-state index < -0.39 is 22.8 Å². The predicted octanol–water partition coefficient (Wildman–Crippen LogP) is 4.18. The van der Waals surface area contributed by atoms with Crippen molar-refractivity contribution in [1.29, 1.82) is 10.5 Å². The van der Waals surface area contributed by atoms with Crippen LogP contribution in [0.15, 0.2) is 34.1 Å². The average Bonchev–Trinajstić information content (AvgIpc) is 2.52. The quantitative estimate of drug-likeness (QED) is 0.852. The van der Waals surface area contributed by atoms with Crippen LogP contribution in [0.5, 0.6) is 5.75 Å². The van der Waals surface area contributed by atoms with Gasteiger partial charge in [-0.3, -0.25) is 0 Å². The number of hydrogen-bond donors (Lipinski definition) is 0. The number of methoxy groups -OCH3 is 1. The number of nitriles is 2. The fourth-order valence-electron chi connectivity index (χ4n) is 1.91. The van der Waals surface area contributed by atoms with Gasteiger partial charge in [0.15, 0.2) is 17.4 Å². The zero-order valence-electron chi connectivity index (χ0n) is 11.8. The third-order valence-electron chi connectivity index (χ3n) is 3.03. The number of hydrogen-bond acceptors (Lipinski definition) is 4. The molecule has 22 heavy (non-hydrogen) atoms. The van der Waals surface area contributed by atoms with E-state index in [2.05, 4.69) is 0 Å². The van der Waals surface area contributed by atoms with Crippen molar-refractivity contribution in [2.24, 2.45) is 0 Å². The van der Waals surface area contributed by atoms with Crippen LogP contribution in [0.25, 0.3) is 0 Å². The lowest BCUT2D eigenvalue weighted by Gasteiger charge is -2.13. The normalized spacial score (nSPS) is 9.91. The van der Waals surface area contributed by atoms with Crippen molar-refractivity contribution in [1.82, 2.24) is 0 Å². The molecule has 2 aromatic rings. The molecule has 6 heteroatoms. The number of halogens is 2. The summed E-state index contributed by atoms with van der Waals surface area (Å²) >= 11 is 0.954. The summed E-state index contributed by atoms with van der Waals surface area (Å²) in [6, 6.07) is 10.2. The van der Waals surface area contributed by atoms with Crippen LogP contribution < -0.4 is 4.74 Å². The summed E-state index contributed by atoms with van der Waals surface area (Å²) in [5, 5.41) is 17.9. The Labute approximate surface area is 130 Å². The number of benzene rings is 2. The molecule has 110 valence electrons. The molecule has 0 spiro atoms. The smallest absolute Gasteiger partial charge is 0.185 e.